The van der Waals surface area contributed by atoms with E-state index in [1.54, 1.807) is 0 Å². The molecule has 0 unspecified atom stereocenters. The Morgan fingerprint density at radius 1 is 0.875 bits per heavy atom. The van der Waals surface area contributed by atoms with Crippen LogP contribution in [0.1, 0.15) is 44.9 Å². The molecule has 0 aliphatic rings. The minimum atomic E-state index is 0.835. The van der Waals surface area contributed by atoms with Crippen LogP contribution in [-0.2, 0) is 6.42 Å². The first-order valence-electron chi connectivity index (χ1n) is 8.89. The molecule has 2 aromatic carbocycles. The smallest absolute Gasteiger partial charge is 0.178 e. The summed E-state index contributed by atoms with van der Waals surface area (Å²) in [5.41, 5.74) is 1.86. The van der Waals surface area contributed by atoms with E-state index in [-0.39, 0.29) is 0 Å². The number of fused-ring (bicyclic) bond motifs is 4. The maximum Gasteiger partial charge on any atom is 0.178 e. The fraction of sp³-hybridized carbons (Fsp3) is 0.350. The molecule has 0 saturated carbocycles. The number of benzene rings is 2. The number of hydrogen-bond acceptors (Lipinski definition) is 3. The van der Waals surface area contributed by atoms with Crippen molar-refractivity contribution in [3.63, 3.8) is 0 Å². The highest BCUT2D eigenvalue weighted by Gasteiger charge is 2.10. The molecule has 0 fully saturated rings. The van der Waals surface area contributed by atoms with Crippen LogP contribution in [0.2, 0.25) is 0 Å². The molecule has 0 atom stereocenters. The lowest BCUT2D eigenvalue weighted by Crippen LogP contribution is -2.00. The number of unbranched alkanes of at least 4 members (excludes halogenated alkanes) is 4. The predicted octanol–water partition coefficient (Wildman–Crippen LogP) is 4.94. The fourth-order valence-electron chi connectivity index (χ4n) is 3.31. The van der Waals surface area contributed by atoms with Crippen molar-refractivity contribution in [2.75, 3.05) is 0 Å². The van der Waals surface area contributed by atoms with Crippen molar-refractivity contribution >= 4 is 27.3 Å². The van der Waals surface area contributed by atoms with Crippen molar-refractivity contribution in [1.82, 2.24) is 19.8 Å². The van der Waals surface area contributed by atoms with Crippen molar-refractivity contribution in [2.45, 2.75) is 45.4 Å². The quantitative estimate of drug-likeness (QED) is 0.373. The van der Waals surface area contributed by atoms with Crippen molar-refractivity contribution < 1.29 is 0 Å². The van der Waals surface area contributed by atoms with Gasteiger partial charge in [-0.15, -0.1) is 10.2 Å². The highest BCUT2D eigenvalue weighted by Crippen LogP contribution is 2.24. The first-order valence-corrected chi connectivity index (χ1v) is 8.89. The molecule has 122 valence electrons. The number of hydrogen-bond donors (Lipinski definition) is 0. The third-order valence-corrected chi connectivity index (χ3v) is 4.65. The molecular weight excluding hydrogens is 296 g/mol. The van der Waals surface area contributed by atoms with E-state index >= 15 is 0 Å². The summed E-state index contributed by atoms with van der Waals surface area (Å²) in [5.74, 6) is 0.969. The van der Waals surface area contributed by atoms with Gasteiger partial charge in [-0.05, 0) is 17.9 Å². The first-order chi connectivity index (χ1) is 11.9. The van der Waals surface area contributed by atoms with Gasteiger partial charge in [0.25, 0.3) is 0 Å². The Labute approximate surface area is 141 Å². The Morgan fingerprint density at radius 3 is 2.62 bits per heavy atom. The zero-order chi connectivity index (χ0) is 16.4. The van der Waals surface area contributed by atoms with E-state index in [1.165, 1.54) is 36.5 Å². The van der Waals surface area contributed by atoms with Crippen LogP contribution in [0.5, 0.6) is 0 Å². The molecule has 0 N–H and O–H groups in total. The van der Waals surface area contributed by atoms with Gasteiger partial charge >= 0.3 is 0 Å². The van der Waals surface area contributed by atoms with E-state index < -0.39 is 0 Å². The Hall–Kier alpha value is -2.49. The lowest BCUT2D eigenvalue weighted by molar-refractivity contribution is 0.616. The van der Waals surface area contributed by atoms with E-state index in [2.05, 4.69) is 59.6 Å². The maximum atomic E-state index is 4.87. The van der Waals surface area contributed by atoms with E-state index in [9.17, 15) is 0 Å². The van der Waals surface area contributed by atoms with E-state index in [0.717, 1.165) is 35.2 Å². The second kappa shape index (κ2) is 6.56. The van der Waals surface area contributed by atoms with Gasteiger partial charge < -0.3 is 0 Å². The summed E-state index contributed by atoms with van der Waals surface area (Å²) in [6, 6.07) is 14.7. The van der Waals surface area contributed by atoms with Gasteiger partial charge in [-0.2, -0.15) is 9.61 Å². The molecule has 4 nitrogen and oxygen atoms in total. The second-order valence-electron chi connectivity index (χ2n) is 6.42. The summed E-state index contributed by atoms with van der Waals surface area (Å²) in [4.78, 5) is 0. The molecule has 0 amide bonds. The van der Waals surface area contributed by atoms with Crippen molar-refractivity contribution in [3.05, 3.63) is 48.3 Å². The van der Waals surface area contributed by atoms with Crippen LogP contribution in [0.25, 0.3) is 27.3 Å². The molecular formula is C20H22N4. The number of nitrogens with zero attached hydrogens (tertiary/aromatic N) is 4. The summed E-state index contributed by atoms with van der Waals surface area (Å²) in [7, 11) is 0. The Morgan fingerprint density at radius 2 is 1.71 bits per heavy atom. The molecule has 0 bridgehead atoms. The van der Waals surface area contributed by atoms with E-state index in [1.807, 2.05) is 4.52 Å². The molecule has 0 aliphatic carbocycles. The Bertz CT molecular complexity index is 987. The van der Waals surface area contributed by atoms with Crippen LogP contribution in [0.4, 0.5) is 0 Å². The summed E-state index contributed by atoms with van der Waals surface area (Å²) >= 11 is 0. The van der Waals surface area contributed by atoms with Crippen LogP contribution < -0.4 is 0 Å². The molecule has 0 spiro atoms. The third kappa shape index (κ3) is 2.73. The van der Waals surface area contributed by atoms with Crippen molar-refractivity contribution in [1.29, 1.82) is 0 Å². The number of aromatic nitrogens is 4. The molecule has 4 aromatic rings. The minimum Gasteiger partial charge on any atom is -0.197 e. The average molecular weight is 318 g/mol. The van der Waals surface area contributed by atoms with E-state index in [4.69, 9.17) is 5.10 Å². The first kappa shape index (κ1) is 15.1. The minimum absolute atomic E-state index is 0.835. The van der Waals surface area contributed by atoms with Gasteiger partial charge in [0.2, 0.25) is 0 Å². The molecule has 4 rings (SSSR count). The zero-order valence-corrected chi connectivity index (χ0v) is 14.1. The molecule has 0 radical (unpaired) electrons. The van der Waals surface area contributed by atoms with Crippen LogP contribution >= 0.6 is 0 Å². The summed E-state index contributed by atoms with van der Waals surface area (Å²) in [6.07, 6.45) is 7.22. The van der Waals surface area contributed by atoms with Gasteiger partial charge in [0, 0.05) is 17.2 Å². The lowest BCUT2D eigenvalue weighted by atomic mass is 10.1. The lowest BCUT2D eigenvalue weighted by Gasteiger charge is -2.05. The third-order valence-electron chi connectivity index (χ3n) is 4.65. The van der Waals surface area contributed by atoms with Gasteiger partial charge in [0.1, 0.15) is 0 Å². The molecule has 0 saturated heterocycles. The SMILES string of the molecule is CCCCCCCc1nnc2cc3ccc4ccccc4c3nn12. The molecule has 2 aromatic heterocycles. The van der Waals surface area contributed by atoms with Gasteiger partial charge in [-0.3, -0.25) is 0 Å². The Kier molecular flexibility index (Phi) is 4.11. The average Bonchev–Trinajstić information content (AvgIpc) is 3.02. The molecule has 4 heteroatoms. The van der Waals surface area contributed by atoms with Crippen molar-refractivity contribution in [2.24, 2.45) is 0 Å². The number of aryl methyl sites for hydroxylation is 1. The number of rotatable bonds is 6. The fourth-order valence-corrected chi connectivity index (χ4v) is 3.31. The van der Waals surface area contributed by atoms with Crippen LogP contribution in [0.15, 0.2) is 42.5 Å². The van der Waals surface area contributed by atoms with Crippen LogP contribution in [0.3, 0.4) is 0 Å². The zero-order valence-electron chi connectivity index (χ0n) is 14.1. The van der Waals surface area contributed by atoms with Gasteiger partial charge in [-0.25, -0.2) is 0 Å². The maximum absolute atomic E-state index is 4.87. The summed E-state index contributed by atoms with van der Waals surface area (Å²) in [6.45, 7) is 2.24. The largest absolute Gasteiger partial charge is 0.197 e. The highest BCUT2D eigenvalue weighted by molar-refractivity contribution is 6.05. The highest BCUT2D eigenvalue weighted by atomic mass is 15.4. The van der Waals surface area contributed by atoms with Crippen LogP contribution in [0, 0.1) is 0 Å². The standard InChI is InChI=1S/C20H22N4/c1-2-3-4-5-6-11-18-21-22-19-14-16-13-12-15-9-7-8-10-17(15)20(16)23-24(18)19/h7-10,12-14H,2-6,11H2,1H3. The molecule has 0 aliphatic heterocycles. The summed E-state index contributed by atoms with van der Waals surface area (Å²) < 4.78 is 1.93. The summed E-state index contributed by atoms with van der Waals surface area (Å²) in [5, 5.41) is 17.1. The van der Waals surface area contributed by atoms with Crippen LogP contribution in [-0.4, -0.2) is 19.8 Å². The topological polar surface area (TPSA) is 43.1 Å². The van der Waals surface area contributed by atoms with Gasteiger partial charge in [0.05, 0.1) is 5.52 Å². The van der Waals surface area contributed by atoms with Gasteiger partial charge in [0.15, 0.2) is 11.5 Å². The van der Waals surface area contributed by atoms with Crippen molar-refractivity contribution in [3.8, 4) is 0 Å². The second-order valence-corrected chi connectivity index (χ2v) is 6.42. The normalized spacial score (nSPS) is 11.7. The van der Waals surface area contributed by atoms with E-state index in [0.29, 0.717) is 0 Å². The molecule has 2 heterocycles. The van der Waals surface area contributed by atoms with Gasteiger partial charge in [-0.1, -0.05) is 69.0 Å². The monoisotopic (exact) mass is 318 g/mol. The Balaban J connectivity index is 1.72. The predicted molar refractivity (Wildman–Crippen MR) is 98.3 cm³/mol. The molecule has 24 heavy (non-hydrogen) atoms.